The molecule has 0 saturated carbocycles. The highest BCUT2D eigenvalue weighted by atomic mass is 127. The van der Waals surface area contributed by atoms with E-state index >= 15 is 0 Å². The van der Waals surface area contributed by atoms with Crippen molar-refractivity contribution in [3.05, 3.63) is 83.3 Å². The topological polar surface area (TPSA) is 83.8 Å². The molecule has 0 spiro atoms. The van der Waals surface area contributed by atoms with Gasteiger partial charge in [-0.15, -0.1) is 0 Å². The monoisotopic (exact) mass is 522 g/mol. The highest BCUT2D eigenvalue weighted by Crippen LogP contribution is 2.45. The van der Waals surface area contributed by atoms with Gasteiger partial charge in [0.2, 0.25) is 0 Å². The number of aryl methyl sites for hydroxylation is 2. The van der Waals surface area contributed by atoms with E-state index in [4.69, 9.17) is 7.80 Å². The third-order valence-electron chi connectivity index (χ3n) is 4.86. The maximum absolute atomic E-state index is 9.35. The minimum absolute atomic E-state index is 0.405. The molecule has 0 atom stereocenters. The van der Waals surface area contributed by atoms with E-state index < -0.39 is 0 Å². The van der Waals surface area contributed by atoms with E-state index in [1.807, 2.05) is 60.3 Å². The van der Waals surface area contributed by atoms with Gasteiger partial charge < -0.3 is 7.80 Å². The number of nitriles is 1. The fourth-order valence-corrected chi connectivity index (χ4v) is 3.75. The number of nitrogens with zero attached hydrogens (tertiary/aromatic N) is 3. The first-order valence-corrected chi connectivity index (χ1v) is 10.5. The maximum Gasteiger partial charge on any atom is 0.192 e. The van der Waals surface area contributed by atoms with Crippen LogP contribution in [0.3, 0.4) is 0 Å². The van der Waals surface area contributed by atoms with Crippen LogP contribution in [0, 0.1) is 25.2 Å². The van der Waals surface area contributed by atoms with Crippen LogP contribution in [-0.4, -0.2) is 15.2 Å². The molecule has 4 rings (SSSR count). The van der Waals surface area contributed by atoms with E-state index in [2.05, 4.69) is 40.3 Å². The molecule has 0 saturated heterocycles. The molecule has 0 radical (unpaired) electrons. The van der Waals surface area contributed by atoms with Gasteiger partial charge in [0.25, 0.3) is 0 Å². The summed E-state index contributed by atoms with van der Waals surface area (Å²) < 4.78 is 12.0. The Hall–Kier alpha value is -3.38. The molecule has 1 N–H and O–H groups in total. The highest BCUT2D eigenvalue weighted by molar-refractivity contribution is 14.1. The lowest BCUT2D eigenvalue weighted by molar-refractivity contribution is 0.307. The average molecular weight is 522 g/mol. The van der Waals surface area contributed by atoms with Crippen LogP contribution in [0.25, 0.3) is 22.4 Å². The Morgan fingerprint density at radius 1 is 1.06 bits per heavy atom. The number of hydrogen-bond donors (Lipinski definition) is 1. The molecule has 6 nitrogen and oxygen atoms in total. The van der Waals surface area contributed by atoms with Gasteiger partial charge >= 0.3 is 0 Å². The van der Waals surface area contributed by atoms with E-state index in [1.54, 1.807) is 12.3 Å². The summed E-state index contributed by atoms with van der Waals surface area (Å²) in [4.78, 5) is 4.23. The molecule has 0 bridgehead atoms. The van der Waals surface area contributed by atoms with E-state index in [1.165, 1.54) is 11.8 Å². The Labute approximate surface area is 194 Å². The van der Waals surface area contributed by atoms with Crippen LogP contribution in [0.15, 0.2) is 60.9 Å². The van der Waals surface area contributed by atoms with E-state index in [-0.39, 0.29) is 0 Å². The van der Waals surface area contributed by atoms with Crippen LogP contribution in [0.5, 0.6) is 11.5 Å². The molecule has 31 heavy (non-hydrogen) atoms. The van der Waals surface area contributed by atoms with Crippen LogP contribution in [0.4, 0.5) is 0 Å². The second-order valence-corrected chi connectivity index (χ2v) is 7.60. The fraction of sp³-hybridized carbons (Fsp3) is 0.125. The van der Waals surface area contributed by atoms with Crippen molar-refractivity contribution in [2.45, 2.75) is 20.5 Å². The minimum Gasteiger partial charge on any atom is -0.488 e. The molecule has 0 aliphatic heterocycles. The molecule has 0 amide bonds. The molecule has 0 aliphatic carbocycles. The van der Waals surface area contributed by atoms with Gasteiger partial charge in [-0.05, 0) is 43.7 Å². The number of pyridine rings is 1. The van der Waals surface area contributed by atoms with Gasteiger partial charge in [-0.2, -0.15) is 10.4 Å². The van der Waals surface area contributed by atoms with Crippen molar-refractivity contribution in [1.82, 2.24) is 15.2 Å². The lowest BCUT2D eigenvalue weighted by atomic mass is 9.99. The molecule has 2 heterocycles. The van der Waals surface area contributed by atoms with Crippen molar-refractivity contribution < 1.29 is 7.80 Å². The first-order chi connectivity index (χ1) is 15.1. The number of hydrogen-bond acceptors (Lipinski definition) is 5. The van der Waals surface area contributed by atoms with Gasteiger partial charge in [-0.1, -0.05) is 29.8 Å². The second-order valence-electron chi connectivity index (χ2n) is 7.16. The predicted octanol–water partition coefficient (Wildman–Crippen LogP) is 5.94. The van der Waals surface area contributed by atoms with E-state index in [9.17, 15) is 5.26 Å². The summed E-state index contributed by atoms with van der Waals surface area (Å²) >= 11 is 1.87. The normalized spacial score (nSPS) is 10.5. The lowest BCUT2D eigenvalue weighted by Crippen LogP contribution is -1.99. The summed E-state index contributed by atoms with van der Waals surface area (Å²) in [7, 11) is 0. The number of rotatable bonds is 6. The van der Waals surface area contributed by atoms with E-state index in [0.29, 0.717) is 23.7 Å². The van der Waals surface area contributed by atoms with Crippen molar-refractivity contribution in [1.29, 1.82) is 5.26 Å². The Balaban J connectivity index is 1.83. The van der Waals surface area contributed by atoms with Gasteiger partial charge in [0.1, 0.15) is 18.4 Å². The number of benzene rings is 2. The number of nitrogens with one attached hydrogen (secondary N) is 1. The van der Waals surface area contributed by atoms with Crippen LogP contribution in [0.2, 0.25) is 0 Å². The van der Waals surface area contributed by atoms with E-state index in [0.717, 1.165) is 33.6 Å². The Morgan fingerprint density at radius 2 is 1.87 bits per heavy atom. The Bertz CT molecular complexity index is 1260. The number of halogens is 1. The zero-order chi connectivity index (χ0) is 21.8. The third kappa shape index (κ3) is 4.54. The Morgan fingerprint density at radius 3 is 2.55 bits per heavy atom. The molecule has 0 aliphatic rings. The van der Waals surface area contributed by atoms with Crippen molar-refractivity contribution in [3.8, 4) is 40.0 Å². The molecule has 2 aromatic heterocycles. The highest BCUT2D eigenvalue weighted by Gasteiger charge is 2.21. The fourth-order valence-electron chi connectivity index (χ4n) is 3.29. The molecule has 0 unspecified atom stereocenters. The Kier molecular flexibility index (Phi) is 6.18. The largest absolute Gasteiger partial charge is 0.488 e. The second kappa shape index (κ2) is 9.18. The summed E-state index contributed by atoms with van der Waals surface area (Å²) in [5.41, 5.74) is 6.75. The molecular formula is C24H19IN4O2. The standard InChI is InChI=1S/C24H19IN4O2/c1-15-3-5-17(6-4-15)14-30-22-8-7-20(21-9-16(2)28-29-21)24(31-25)23(22)19-10-18(11-26)12-27-13-19/h3-10,12-13H,14H2,1-2H3,(H,28,29). The van der Waals surface area contributed by atoms with Gasteiger partial charge in [0, 0.05) is 23.5 Å². The van der Waals surface area contributed by atoms with Crippen LogP contribution < -0.4 is 7.80 Å². The first kappa shape index (κ1) is 20.9. The zero-order valence-corrected chi connectivity index (χ0v) is 19.2. The summed E-state index contributed by atoms with van der Waals surface area (Å²) in [5.74, 6) is 1.26. The predicted molar refractivity (Wildman–Crippen MR) is 127 cm³/mol. The van der Waals surface area contributed by atoms with Crippen molar-refractivity contribution >= 4 is 23.0 Å². The van der Waals surface area contributed by atoms with Gasteiger partial charge in [-0.3, -0.25) is 10.1 Å². The SMILES string of the molecule is Cc1ccc(COc2ccc(-c3cc(C)n[nH]3)c(OI)c2-c2cncc(C#N)c2)cc1. The van der Waals surface area contributed by atoms with Gasteiger partial charge in [-0.25, -0.2) is 0 Å². The maximum atomic E-state index is 9.35. The lowest BCUT2D eigenvalue weighted by Gasteiger charge is -2.17. The van der Waals surface area contributed by atoms with Crippen molar-refractivity contribution in [3.63, 3.8) is 0 Å². The first-order valence-electron chi connectivity index (χ1n) is 9.61. The third-order valence-corrected chi connectivity index (χ3v) is 5.30. The van der Waals surface area contributed by atoms with Gasteiger partial charge in [0.15, 0.2) is 28.8 Å². The van der Waals surface area contributed by atoms with Gasteiger partial charge in [0.05, 0.1) is 22.5 Å². The number of H-pyrrole nitrogens is 1. The van der Waals surface area contributed by atoms with Crippen LogP contribution in [-0.2, 0) is 6.61 Å². The van der Waals surface area contributed by atoms with Crippen molar-refractivity contribution in [2.75, 3.05) is 0 Å². The minimum atomic E-state index is 0.405. The zero-order valence-electron chi connectivity index (χ0n) is 17.0. The summed E-state index contributed by atoms with van der Waals surface area (Å²) in [6, 6.07) is 17.9. The number of aromatic amines is 1. The summed E-state index contributed by atoms with van der Waals surface area (Å²) in [6.45, 7) is 4.38. The average Bonchev–Trinajstić information content (AvgIpc) is 3.24. The molecular weight excluding hydrogens is 503 g/mol. The van der Waals surface area contributed by atoms with Crippen LogP contribution >= 0.6 is 23.0 Å². The molecule has 154 valence electrons. The summed E-state index contributed by atoms with van der Waals surface area (Å²) in [5, 5.41) is 16.6. The summed E-state index contributed by atoms with van der Waals surface area (Å²) in [6.07, 6.45) is 3.24. The smallest absolute Gasteiger partial charge is 0.192 e. The number of ether oxygens (including phenoxy) is 1. The molecule has 4 aromatic rings. The molecule has 7 heteroatoms. The van der Waals surface area contributed by atoms with Crippen LogP contribution in [0.1, 0.15) is 22.4 Å². The number of aromatic nitrogens is 3. The van der Waals surface area contributed by atoms with Crippen molar-refractivity contribution in [2.24, 2.45) is 0 Å². The molecule has 2 aromatic carbocycles. The molecule has 0 fully saturated rings. The quantitative estimate of drug-likeness (QED) is 0.317.